The van der Waals surface area contributed by atoms with Crippen LogP contribution in [0.25, 0.3) is 0 Å². The second kappa shape index (κ2) is 6.05. The Kier molecular flexibility index (Phi) is 4.71. The number of aromatic amines is 1. The normalized spacial score (nSPS) is 11.6. The Balaban J connectivity index is 2.60. The number of rotatable bonds is 4. The van der Waals surface area contributed by atoms with Gasteiger partial charge in [-0.2, -0.15) is 0 Å². The summed E-state index contributed by atoms with van der Waals surface area (Å²) in [5.74, 6) is -1.24. The smallest absolute Gasteiger partial charge is 0.325 e. The van der Waals surface area contributed by atoms with Crippen LogP contribution in [0.15, 0.2) is 23.3 Å². The van der Waals surface area contributed by atoms with Gasteiger partial charge in [0.05, 0.1) is 7.11 Å². The van der Waals surface area contributed by atoms with E-state index in [2.05, 4.69) is 15.0 Å². The van der Waals surface area contributed by atoms with Crippen molar-refractivity contribution in [1.82, 2.24) is 10.3 Å². The Hall–Kier alpha value is -1.82. The van der Waals surface area contributed by atoms with Crippen molar-refractivity contribution in [2.24, 2.45) is 0 Å². The van der Waals surface area contributed by atoms with E-state index in [9.17, 15) is 14.4 Å². The molecule has 0 fully saturated rings. The quantitative estimate of drug-likeness (QED) is 0.582. The zero-order valence-corrected chi connectivity index (χ0v) is 9.78. The second-order valence-electron chi connectivity index (χ2n) is 3.12. The molecular weight excluding hydrogens is 248 g/mol. The van der Waals surface area contributed by atoms with Crippen molar-refractivity contribution in [2.45, 2.75) is 5.38 Å². The largest absolute Gasteiger partial charge is 0.468 e. The summed E-state index contributed by atoms with van der Waals surface area (Å²) >= 11 is 5.63. The Labute approximate surface area is 102 Å². The van der Waals surface area contributed by atoms with Crippen LogP contribution >= 0.6 is 11.6 Å². The lowest BCUT2D eigenvalue weighted by Crippen LogP contribution is -2.36. The van der Waals surface area contributed by atoms with Crippen molar-refractivity contribution in [3.05, 3.63) is 34.2 Å². The van der Waals surface area contributed by atoms with Crippen molar-refractivity contribution in [3.8, 4) is 0 Å². The summed E-state index contributed by atoms with van der Waals surface area (Å²) in [6.45, 7) is -0.110. The highest BCUT2D eigenvalue weighted by Crippen LogP contribution is 1.97. The number of H-pyrrole nitrogens is 1. The molecule has 0 aliphatic rings. The van der Waals surface area contributed by atoms with E-state index in [0.717, 1.165) is 0 Å². The molecule has 1 atom stereocenters. The first-order valence-electron chi connectivity index (χ1n) is 4.73. The van der Waals surface area contributed by atoms with Crippen LogP contribution in [0.5, 0.6) is 0 Å². The van der Waals surface area contributed by atoms with Crippen LogP contribution in [0.4, 0.5) is 0 Å². The fraction of sp³-hybridized carbons (Fsp3) is 0.300. The molecule has 6 nitrogen and oxygen atoms in total. The van der Waals surface area contributed by atoms with Gasteiger partial charge in [-0.25, -0.2) is 0 Å². The lowest BCUT2D eigenvalue weighted by atomic mass is 10.2. The van der Waals surface area contributed by atoms with Gasteiger partial charge in [-0.1, -0.05) is 0 Å². The third kappa shape index (κ3) is 3.60. The number of hydrogen-bond acceptors (Lipinski definition) is 4. The Morgan fingerprint density at radius 3 is 2.88 bits per heavy atom. The standard InChI is InChI=1S/C10H11ClN2O4/c1-17-10(16)7(11)5-13-9(15)6-4-12-3-2-8(6)14/h2-4,7H,5H2,1H3,(H,12,14)(H,13,15). The Morgan fingerprint density at radius 2 is 2.29 bits per heavy atom. The zero-order valence-electron chi connectivity index (χ0n) is 9.03. The molecule has 0 aromatic carbocycles. The lowest BCUT2D eigenvalue weighted by molar-refractivity contribution is -0.140. The molecule has 0 spiro atoms. The van der Waals surface area contributed by atoms with Gasteiger partial charge >= 0.3 is 5.97 Å². The monoisotopic (exact) mass is 258 g/mol. The number of esters is 1. The third-order valence-corrected chi connectivity index (χ3v) is 2.30. The van der Waals surface area contributed by atoms with E-state index in [1.54, 1.807) is 0 Å². The number of alkyl halides is 1. The first-order chi connectivity index (χ1) is 8.06. The number of methoxy groups -OCH3 is 1. The van der Waals surface area contributed by atoms with Crippen molar-refractivity contribution in [3.63, 3.8) is 0 Å². The minimum Gasteiger partial charge on any atom is -0.468 e. The highest BCUT2D eigenvalue weighted by molar-refractivity contribution is 6.30. The number of ether oxygens (including phenoxy) is 1. The van der Waals surface area contributed by atoms with E-state index in [0.29, 0.717) is 0 Å². The fourth-order valence-corrected chi connectivity index (χ4v) is 1.25. The maximum atomic E-state index is 11.5. The molecule has 92 valence electrons. The van der Waals surface area contributed by atoms with Gasteiger partial charge in [0.15, 0.2) is 5.43 Å². The molecule has 17 heavy (non-hydrogen) atoms. The molecule has 0 bridgehead atoms. The summed E-state index contributed by atoms with van der Waals surface area (Å²) < 4.78 is 4.38. The van der Waals surface area contributed by atoms with Crippen LogP contribution in [0.3, 0.4) is 0 Å². The van der Waals surface area contributed by atoms with Gasteiger partial charge in [0, 0.05) is 25.0 Å². The fourth-order valence-electron chi connectivity index (χ4n) is 1.08. The SMILES string of the molecule is COC(=O)C(Cl)CNC(=O)c1c[nH]ccc1=O. The van der Waals surface area contributed by atoms with Crippen LogP contribution in [-0.4, -0.2) is 35.9 Å². The lowest BCUT2D eigenvalue weighted by Gasteiger charge is -2.08. The summed E-state index contributed by atoms with van der Waals surface area (Å²) in [6, 6.07) is 1.23. The van der Waals surface area contributed by atoms with Gasteiger partial charge < -0.3 is 15.0 Å². The van der Waals surface area contributed by atoms with Crippen LogP contribution in [0.2, 0.25) is 0 Å². The summed E-state index contributed by atoms with van der Waals surface area (Å²) in [5.41, 5.74) is -0.452. The number of halogens is 1. The van der Waals surface area contributed by atoms with Gasteiger partial charge in [0.25, 0.3) is 5.91 Å². The van der Waals surface area contributed by atoms with Gasteiger partial charge in [0.1, 0.15) is 10.9 Å². The van der Waals surface area contributed by atoms with Gasteiger partial charge in [-0.05, 0) is 0 Å². The molecule has 2 N–H and O–H groups in total. The number of hydrogen-bond donors (Lipinski definition) is 2. The van der Waals surface area contributed by atoms with Gasteiger partial charge in [-0.3, -0.25) is 14.4 Å². The molecule has 1 aromatic rings. The summed E-state index contributed by atoms with van der Waals surface area (Å²) in [6.07, 6.45) is 2.69. The maximum Gasteiger partial charge on any atom is 0.325 e. The van der Waals surface area contributed by atoms with Crippen LogP contribution in [0, 0.1) is 0 Å². The number of carbonyl (C=O) groups excluding carboxylic acids is 2. The number of nitrogens with one attached hydrogen (secondary N) is 2. The molecule has 7 heteroatoms. The summed E-state index contributed by atoms with van der Waals surface area (Å²) in [4.78, 5) is 36.4. The van der Waals surface area contributed by atoms with Gasteiger partial charge in [-0.15, -0.1) is 11.6 Å². The molecule has 0 aliphatic heterocycles. The minimum absolute atomic E-state index is 0.0405. The molecule has 1 heterocycles. The van der Waals surface area contributed by atoms with Crippen molar-refractivity contribution in [1.29, 1.82) is 0 Å². The number of pyridine rings is 1. The third-order valence-electron chi connectivity index (χ3n) is 1.97. The average Bonchev–Trinajstić information content (AvgIpc) is 2.35. The van der Waals surface area contributed by atoms with E-state index in [-0.39, 0.29) is 12.1 Å². The first-order valence-corrected chi connectivity index (χ1v) is 5.17. The van der Waals surface area contributed by atoms with E-state index in [4.69, 9.17) is 11.6 Å². The highest BCUT2D eigenvalue weighted by atomic mass is 35.5. The summed E-state index contributed by atoms with van der Waals surface area (Å²) in [5, 5.41) is 1.38. The highest BCUT2D eigenvalue weighted by Gasteiger charge is 2.17. The predicted octanol–water partition coefficient (Wildman–Crippen LogP) is -0.115. The Bertz CT molecular complexity index is 471. The van der Waals surface area contributed by atoms with Crippen LogP contribution < -0.4 is 10.7 Å². The predicted molar refractivity (Wildman–Crippen MR) is 61.1 cm³/mol. The maximum absolute atomic E-state index is 11.5. The van der Waals surface area contributed by atoms with E-state index in [1.165, 1.54) is 25.6 Å². The topological polar surface area (TPSA) is 88.3 Å². The molecule has 1 rings (SSSR count). The molecule has 1 unspecified atom stereocenters. The minimum atomic E-state index is -0.980. The van der Waals surface area contributed by atoms with Crippen molar-refractivity contribution in [2.75, 3.05) is 13.7 Å². The molecule has 1 aromatic heterocycles. The van der Waals surface area contributed by atoms with Crippen LogP contribution in [0.1, 0.15) is 10.4 Å². The molecule has 0 radical (unpaired) electrons. The molecular formula is C10H11ClN2O4. The van der Waals surface area contributed by atoms with E-state index >= 15 is 0 Å². The van der Waals surface area contributed by atoms with E-state index < -0.39 is 22.7 Å². The Morgan fingerprint density at radius 1 is 1.59 bits per heavy atom. The molecule has 0 aliphatic carbocycles. The first kappa shape index (κ1) is 13.2. The average molecular weight is 259 g/mol. The second-order valence-corrected chi connectivity index (χ2v) is 3.65. The van der Waals surface area contributed by atoms with Crippen molar-refractivity contribution >= 4 is 23.5 Å². The molecule has 0 saturated carbocycles. The van der Waals surface area contributed by atoms with Crippen molar-refractivity contribution < 1.29 is 14.3 Å². The van der Waals surface area contributed by atoms with E-state index in [1.807, 2.05) is 0 Å². The molecule has 1 amide bonds. The number of carbonyl (C=O) groups is 2. The van der Waals surface area contributed by atoms with Gasteiger partial charge in [0.2, 0.25) is 0 Å². The zero-order chi connectivity index (χ0) is 12.8. The number of aromatic nitrogens is 1. The molecule has 0 saturated heterocycles. The van der Waals surface area contributed by atoms with Crippen LogP contribution in [-0.2, 0) is 9.53 Å². The summed E-state index contributed by atoms with van der Waals surface area (Å²) in [7, 11) is 1.20. The number of amides is 1.